The summed E-state index contributed by atoms with van der Waals surface area (Å²) in [6, 6.07) is 0. The zero-order chi connectivity index (χ0) is 28.9. The van der Waals surface area contributed by atoms with Gasteiger partial charge in [-0.1, -0.05) is 0 Å². The van der Waals surface area contributed by atoms with Crippen LogP contribution in [0.4, 0.5) is 11.6 Å². The van der Waals surface area contributed by atoms with Crippen molar-refractivity contribution in [3.8, 4) is 0 Å². The number of ether oxygens (including phenoxy) is 2. The van der Waals surface area contributed by atoms with Gasteiger partial charge < -0.3 is 57.1 Å². The van der Waals surface area contributed by atoms with Gasteiger partial charge in [0.25, 0.3) is 0 Å². The van der Waals surface area contributed by atoms with E-state index in [1.807, 2.05) is 0 Å². The van der Waals surface area contributed by atoms with Gasteiger partial charge in [0, 0.05) is 0 Å². The summed E-state index contributed by atoms with van der Waals surface area (Å²) >= 11 is 11.5. The average molecular weight is 621 g/mol. The summed E-state index contributed by atoms with van der Waals surface area (Å²) < 4.78 is 13.6. The van der Waals surface area contributed by atoms with Gasteiger partial charge in [-0.15, -0.1) is 0 Å². The lowest BCUT2D eigenvalue weighted by molar-refractivity contribution is -0.0511. The molecule has 4 aromatic rings. The third-order valence-corrected chi connectivity index (χ3v) is 6.76. The Kier molecular flexibility index (Phi) is 9.06. The van der Waals surface area contributed by atoms with Crippen molar-refractivity contribution in [2.24, 2.45) is 0 Å². The van der Waals surface area contributed by atoms with Crippen LogP contribution in [-0.2, 0) is 9.47 Å². The van der Waals surface area contributed by atoms with Crippen molar-refractivity contribution in [3.05, 3.63) is 23.2 Å². The number of fused-ring (bicyclic) bond motifs is 2. The summed E-state index contributed by atoms with van der Waals surface area (Å²) in [5, 5.41) is 57.5. The highest BCUT2D eigenvalue weighted by Crippen LogP contribution is 2.33. The molecule has 2 aliphatic heterocycles. The molecule has 0 bridgehead atoms. The molecule has 0 aromatic carbocycles. The van der Waals surface area contributed by atoms with Gasteiger partial charge in [-0.05, 0) is 23.2 Å². The molecule has 2 fully saturated rings. The van der Waals surface area contributed by atoms with Crippen LogP contribution in [-0.4, -0.2) is 125 Å². The van der Waals surface area contributed by atoms with E-state index in [0.717, 1.165) is 0 Å². The largest absolute Gasteiger partial charge is 0.412 e. The van der Waals surface area contributed by atoms with E-state index < -0.39 is 62.3 Å². The molecule has 6 heterocycles. The number of hydrogen-bond donors (Lipinski definition) is 8. The van der Waals surface area contributed by atoms with E-state index >= 15 is 0 Å². The van der Waals surface area contributed by atoms with Crippen LogP contribution in [0.25, 0.3) is 22.3 Å². The number of anilines is 2. The lowest BCUT2D eigenvalue weighted by atomic mass is 10.1. The van der Waals surface area contributed by atoms with Crippen LogP contribution in [0.5, 0.6) is 0 Å². The predicted molar refractivity (Wildman–Crippen MR) is 139 cm³/mol. The van der Waals surface area contributed by atoms with Gasteiger partial charge in [-0.3, -0.25) is 9.13 Å². The molecule has 8 atom stereocenters. The molecule has 2 aliphatic rings. The van der Waals surface area contributed by atoms with Crippen molar-refractivity contribution in [1.82, 2.24) is 39.0 Å². The topological polar surface area (TPSA) is 311 Å². The molecule has 0 amide bonds. The minimum absolute atomic E-state index is 0. The van der Waals surface area contributed by atoms with E-state index in [2.05, 4.69) is 29.9 Å². The Labute approximate surface area is 238 Å². The van der Waals surface area contributed by atoms with Gasteiger partial charge >= 0.3 is 0 Å². The van der Waals surface area contributed by atoms with Crippen molar-refractivity contribution >= 4 is 57.2 Å². The van der Waals surface area contributed by atoms with Gasteiger partial charge in [-0.2, -0.15) is 19.9 Å². The average Bonchev–Trinajstić information content (AvgIpc) is 3.66. The maximum atomic E-state index is 9.99. The summed E-state index contributed by atoms with van der Waals surface area (Å²) in [4.78, 5) is 23.6. The van der Waals surface area contributed by atoms with Gasteiger partial charge in [0.05, 0.1) is 25.9 Å². The zero-order valence-electron chi connectivity index (χ0n) is 20.7. The first-order chi connectivity index (χ1) is 19.0. The van der Waals surface area contributed by atoms with Crippen LogP contribution in [0.2, 0.25) is 10.6 Å². The second-order valence-electron chi connectivity index (χ2n) is 8.86. The first-order valence-electron chi connectivity index (χ1n) is 11.6. The zero-order valence-corrected chi connectivity index (χ0v) is 22.2. The van der Waals surface area contributed by atoms with Crippen molar-refractivity contribution in [2.45, 2.75) is 49.1 Å². The molecule has 0 spiro atoms. The van der Waals surface area contributed by atoms with Crippen LogP contribution in [0.1, 0.15) is 12.5 Å². The number of aromatic nitrogens is 8. The summed E-state index contributed by atoms with van der Waals surface area (Å²) in [6.45, 7) is -0.835. The summed E-state index contributed by atoms with van der Waals surface area (Å²) in [5.74, 6) is 0.205. The standard InChI is InChI=1S/2C10H12ClN5O4.H2O/c2*11-10-14-7(12)4-8(15-10)16(2-13-4)9-6(19)5(18)3(1-17)20-9;/h2*2-3,5-6,9,17-19H,1H2,(H2,12,14,15);1H2/t2*3-,5+,6?,9-;/m11./s1. The molecule has 2 unspecified atom stereocenters. The molecular weight excluding hydrogens is 595 g/mol. The normalized spacial score (nSPS) is 29.5. The maximum Gasteiger partial charge on any atom is 0.226 e. The fraction of sp³-hybridized carbons (Fsp3) is 0.500. The Balaban J connectivity index is 0.000000184. The Morgan fingerprint density at radius 1 is 0.683 bits per heavy atom. The SMILES string of the molecule is Nc1nc(Cl)nc2c1ncn2[C@@H]1O[C@H](CO)[C@H](O)C1O.Nc1nc(Cl)nc2c1ncn2[C@@H]1O[C@H](CO)[C@H](O)C1O.O. The first kappa shape index (κ1) is 30.9. The lowest BCUT2D eigenvalue weighted by Gasteiger charge is -2.16. The minimum atomic E-state index is -1.24. The molecule has 2 saturated heterocycles. The number of imidazole rings is 2. The van der Waals surface area contributed by atoms with Crippen molar-refractivity contribution in [3.63, 3.8) is 0 Å². The van der Waals surface area contributed by atoms with Gasteiger partial charge in [0.1, 0.15) is 47.7 Å². The highest BCUT2D eigenvalue weighted by molar-refractivity contribution is 6.29. The van der Waals surface area contributed by atoms with Crippen LogP contribution in [0.3, 0.4) is 0 Å². The Hall–Kier alpha value is -3.08. The van der Waals surface area contributed by atoms with Gasteiger partial charge in [0.2, 0.25) is 10.6 Å². The number of aliphatic hydroxyl groups excluding tert-OH is 6. The van der Waals surface area contributed by atoms with Gasteiger partial charge in [0.15, 0.2) is 35.4 Å². The van der Waals surface area contributed by atoms with Crippen molar-refractivity contribution < 1.29 is 45.6 Å². The molecule has 0 radical (unpaired) electrons. The van der Waals surface area contributed by atoms with Crippen molar-refractivity contribution in [1.29, 1.82) is 0 Å². The summed E-state index contributed by atoms with van der Waals surface area (Å²) in [5.41, 5.74) is 12.5. The second kappa shape index (κ2) is 12.0. The molecule has 19 nitrogen and oxygen atoms in total. The molecule has 0 saturated carbocycles. The second-order valence-corrected chi connectivity index (χ2v) is 9.54. The predicted octanol–water partition coefficient (Wildman–Crippen LogP) is -3.48. The molecule has 0 aliphatic carbocycles. The first-order valence-corrected chi connectivity index (χ1v) is 12.4. The molecule has 12 N–H and O–H groups in total. The number of nitrogens with zero attached hydrogens (tertiary/aromatic N) is 8. The molecule has 21 heteroatoms. The Morgan fingerprint density at radius 3 is 1.37 bits per heavy atom. The van der Waals surface area contributed by atoms with E-state index in [-0.39, 0.29) is 39.0 Å². The molecule has 4 aromatic heterocycles. The summed E-state index contributed by atoms with van der Waals surface area (Å²) in [6.07, 6.45) is -5.86. The monoisotopic (exact) mass is 620 g/mol. The fourth-order valence-corrected chi connectivity index (χ4v) is 4.76. The number of rotatable bonds is 4. The van der Waals surface area contributed by atoms with E-state index in [1.165, 1.54) is 21.8 Å². The Bertz CT molecular complexity index is 1410. The van der Waals surface area contributed by atoms with Crippen molar-refractivity contribution in [2.75, 3.05) is 24.7 Å². The van der Waals surface area contributed by atoms with Crippen LogP contribution in [0.15, 0.2) is 12.7 Å². The molecule has 6 rings (SSSR count). The van der Waals surface area contributed by atoms with Gasteiger partial charge in [-0.25, -0.2) is 9.97 Å². The highest BCUT2D eigenvalue weighted by atomic mass is 35.5. The van der Waals surface area contributed by atoms with E-state index in [4.69, 9.17) is 54.4 Å². The quantitative estimate of drug-likeness (QED) is 0.103. The Morgan fingerprint density at radius 2 is 1.05 bits per heavy atom. The van der Waals surface area contributed by atoms with E-state index in [1.54, 1.807) is 0 Å². The molecular formula is C20H26Cl2N10O9. The minimum Gasteiger partial charge on any atom is -0.412 e. The maximum absolute atomic E-state index is 9.99. The van der Waals surface area contributed by atoms with E-state index in [9.17, 15) is 20.4 Å². The fourth-order valence-electron chi connectivity index (χ4n) is 4.41. The highest BCUT2D eigenvalue weighted by Gasteiger charge is 2.45. The number of aliphatic hydroxyl groups is 6. The number of hydrogen-bond acceptors (Lipinski definition) is 16. The van der Waals surface area contributed by atoms with Crippen LogP contribution in [0, 0.1) is 0 Å². The lowest BCUT2D eigenvalue weighted by Crippen LogP contribution is -2.33. The third kappa shape index (κ3) is 5.45. The smallest absolute Gasteiger partial charge is 0.226 e. The summed E-state index contributed by atoms with van der Waals surface area (Å²) in [7, 11) is 0. The molecule has 41 heavy (non-hydrogen) atoms. The molecule has 224 valence electrons. The van der Waals surface area contributed by atoms with E-state index in [0.29, 0.717) is 11.0 Å². The number of nitrogen functional groups attached to an aromatic ring is 2. The van der Waals surface area contributed by atoms with Crippen LogP contribution < -0.4 is 11.5 Å². The number of halogens is 2. The number of nitrogens with two attached hydrogens (primary N) is 2. The van der Waals surface area contributed by atoms with Crippen LogP contribution >= 0.6 is 23.2 Å². The third-order valence-electron chi connectivity index (χ3n) is 6.42.